The summed E-state index contributed by atoms with van der Waals surface area (Å²) in [6.07, 6.45) is 3.35. The first-order chi connectivity index (χ1) is 17.5. The van der Waals surface area contributed by atoms with Crippen molar-refractivity contribution >= 4 is 23.6 Å². The number of pyridine rings is 1. The second-order valence-electron chi connectivity index (χ2n) is 8.15. The zero-order valence-corrected chi connectivity index (χ0v) is 20.8. The second kappa shape index (κ2) is 9.82. The number of aromatic nitrogens is 4. The Morgan fingerprint density at radius 3 is 2.50 bits per heavy atom. The van der Waals surface area contributed by atoms with Crippen LogP contribution >= 0.6 is 11.8 Å². The summed E-state index contributed by atoms with van der Waals surface area (Å²) in [5.74, 6) is 2.01. The molecule has 1 unspecified atom stereocenters. The van der Waals surface area contributed by atoms with E-state index >= 15 is 0 Å². The summed E-state index contributed by atoms with van der Waals surface area (Å²) in [5, 5.41) is 15.4. The number of ether oxygens (including phenoxy) is 2. The van der Waals surface area contributed by atoms with Crippen molar-refractivity contribution in [3.05, 3.63) is 84.7 Å². The molecule has 3 heterocycles. The van der Waals surface area contributed by atoms with Crippen molar-refractivity contribution in [1.29, 1.82) is 0 Å². The normalized spacial score (nSPS) is 17.0. The van der Waals surface area contributed by atoms with E-state index in [1.807, 2.05) is 65.2 Å². The Hall–Kier alpha value is -4.18. The highest BCUT2D eigenvalue weighted by molar-refractivity contribution is 7.99. The molecule has 5 rings (SSSR count). The van der Waals surface area contributed by atoms with Crippen LogP contribution in [0, 0.1) is 0 Å². The number of benzene rings is 2. The number of hydrazone groups is 1. The van der Waals surface area contributed by atoms with Crippen LogP contribution in [-0.2, 0) is 15.3 Å². The topological polar surface area (TPSA) is 94.7 Å². The largest absolute Gasteiger partial charge is 0.497 e. The molecule has 0 saturated carbocycles. The number of para-hydroxylation sites is 1. The van der Waals surface area contributed by atoms with Crippen LogP contribution in [0.2, 0.25) is 0 Å². The Labute approximate surface area is 212 Å². The van der Waals surface area contributed by atoms with Gasteiger partial charge in [0.15, 0.2) is 11.0 Å². The molecule has 0 spiro atoms. The van der Waals surface area contributed by atoms with Crippen LogP contribution in [0.1, 0.15) is 19.4 Å². The Morgan fingerprint density at radius 2 is 1.83 bits per heavy atom. The van der Waals surface area contributed by atoms with Crippen molar-refractivity contribution < 1.29 is 14.3 Å². The molecular weight excluding hydrogens is 476 g/mol. The van der Waals surface area contributed by atoms with Crippen molar-refractivity contribution in [2.45, 2.75) is 24.7 Å². The summed E-state index contributed by atoms with van der Waals surface area (Å²) in [6.45, 7) is 3.27. The standard InChI is InChI=1S/C26H24N6O3S/c1-18(33)32-26(2,20-8-7-15-27-16-20)35-23(30-32)17-36-25-29-28-24(19-11-13-22(34-3)14-12-19)31(25)21-9-5-4-6-10-21/h4-16H,17H2,1-3H3. The molecule has 9 nitrogen and oxygen atoms in total. The third-order valence-corrected chi connectivity index (χ3v) is 6.66. The molecule has 2 aromatic carbocycles. The minimum absolute atomic E-state index is 0.226. The van der Waals surface area contributed by atoms with E-state index in [4.69, 9.17) is 9.47 Å². The van der Waals surface area contributed by atoms with Gasteiger partial charge < -0.3 is 9.47 Å². The van der Waals surface area contributed by atoms with E-state index in [-0.39, 0.29) is 5.91 Å². The lowest BCUT2D eigenvalue weighted by atomic mass is 10.1. The molecule has 0 aliphatic carbocycles. The first-order valence-corrected chi connectivity index (χ1v) is 12.2. The molecule has 1 atom stereocenters. The van der Waals surface area contributed by atoms with E-state index in [0.29, 0.717) is 22.6 Å². The molecule has 1 aliphatic rings. The maximum Gasteiger partial charge on any atom is 0.243 e. The highest BCUT2D eigenvalue weighted by atomic mass is 32.2. The van der Waals surface area contributed by atoms with Crippen LogP contribution in [0.4, 0.5) is 0 Å². The predicted octanol–water partition coefficient (Wildman–Crippen LogP) is 4.50. The molecule has 0 saturated heterocycles. The van der Waals surface area contributed by atoms with Gasteiger partial charge >= 0.3 is 0 Å². The van der Waals surface area contributed by atoms with E-state index in [1.165, 1.54) is 23.7 Å². The Bertz CT molecular complexity index is 1390. The predicted molar refractivity (Wildman–Crippen MR) is 137 cm³/mol. The SMILES string of the molecule is COc1ccc(-c2nnc(SCC3=NN(C(C)=O)C(C)(c4cccnc4)O3)n2-c2ccccc2)cc1. The number of amides is 1. The van der Waals surface area contributed by atoms with Crippen LogP contribution in [0.15, 0.2) is 89.4 Å². The second-order valence-corrected chi connectivity index (χ2v) is 9.09. The minimum atomic E-state index is -1.07. The van der Waals surface area contributed by atoms with Crippen LogP contribution in [0.25, 0.3) is 17.1 Å². The van der Waals surface area contributed by atoms with Gasteiger partial charge in [0.1, 0.15) is 5.75 Å². The Morgan fingerprint density at radius 1 is 1.06 bits per heavy atom. The first kappa shape index (κ1) is 23.6. The van der Waals surface area contributed by atoms with Crippen molar-refractivity contribution in [3.63, 3.8) is 0 Å². The lowest BCUT2D eigenvalue weighted by Crippen LogP contribution is -2.41. The fraction of sp³-hybridized carbons (Fsp3) is 0.192. The number of hydrogen-bond acceptors (Lipinski definition) is 8. The van der Waals surface area contributed by atoms with Crippen LogP contribution < -0.4 is 4.74 Å². The fourth-order valence-electron chi connectivity index (χ4n) is 3.97. The number of nitrogens with zero attached hydrogens (tertiary/aromatic N) is 6. The van der Waals surface area contributed by atoms with Gasteiger partial charge in [-0.1, -0.05) is 30.0 Å². The number of carbonyl (C=O) groups is 1. The van der Waals surface area contributed by atoms with Gasteiger partial charge in [-0.15, -0.1) is 15.3 Å². The molecule has 0 N–H and O–H groups in total. The molecule has 36 heavy (non-hydrogen) atoms. The zero-order valence-electron chi connectivity index (χ0n) is 20.0. The van der Waals surface area contributed by atoms with Gasteiger partial charge in [-0.3, -0.25) is 14.3 Å². The molecular formula is C26H24N6O3S. The van der Waals surface area contributed by atoms with E-state index < -0.39 is 5.72 Å². The van der Waals surface area contributed by atoms with E-state index in [9.17, 15) is 4.79 Å². The average Bonchev–Trinajstić information content (AvgIpc) is 3.50. The molecule has 0 fully saturated rings. The Kier molecular flexibility index (Phi) is 6.43. The van der Waals surface area contributed by atoms with Crippen molar-refractivity contribution in [1.82, 2.24) is 24.8 Å². The van der Waals surface area contributed by atoms with Crippen molar-refractivity contribution in [2.24, 2.45) is 5.10 Å². The molecule has 1 aliphatic heterocycles. The lowest BCUT2D eigenvalue weighted by Gasteiger charge is -2.30. The lowest BCUT2D eigenvalue weighted by molar-refractivity contribution is -0.146. The fourth-order valence-corrected chi connectivity index (χ4v) is 4.76. The summed E-state index contributed by atoms with van der Waals surface area (Å²) in [5.41, 5.74) is 1.49. The molecule has 10 heteroatoms. The van der Waals surface area contributed by atoms with Crippen molar-refractivity contribution in [2.75, 3.05) is 12.9 Å². The highest BCUT2D eigenvalue weighted by Gasteiger charge is 2.44. The summed E-state index contributed by atoms with van der Waals surface area (Å²) in [4.78, 5) is 16.5. The van der Waals surface area contributed by atoms with Gasteiger partial charge in [-0.2, -0.15) is 5.01 Å². The number of methoxy groups -OCH3 is 1. The highest BCUT2D eigenvalue weighted by Crippen LogP contribution is 2.36. The minimum Gasteiger partial charge on any atom is -0.497 e. The third kappa shape index (κ3) is 4.42. The molecule has 0 radical (unpaired) electrons. The number of thioether (sulfide) groups is 1. The van der Waals surface area contributed by atoms with Gasteiger partial charge in [0, 0.05) is 43.1 Å². The smallest absolute Gasteiger partial charge is 0.243 e. The number of rotatable bonds is 7. The van der Waals surface area contributed by atoms with Crippen LogP contribution in [0.3, 0.4) is 0 Å². The molecule has 0 bridgehead atoms. The average molecular weight is 501 g/mol. The van der Waals surface area contributed by atoms with E-state index in [0.717, 1.165) is 22.6 Å². The van der Waals surface area contributed by atoms with Crippen LogP contribution in [0.5, 0.6) is 5.75 Å². The monoisotopic (exact) mass is 500 g/mol. The van der Waals surface area contributed by atoms with Gasteiger partial charge in [0.2, 0.25) is 17.5 Å². The molecule has 182 valence electrons. The summed E-state index contributed by atoms with van der Waals surface area (Å²) >= 11 is 1.43. The number of hydrogen-bond donors (Lipinski definition) is 0. The van der Waals surface area contributed by atoms with Gasteiger partial charge in [0.25, 0.3) is 0 Å². The van der Waals surface area contributed by atoms with Gasteiger partial charge in [-0.05, 0) is 48.5 Å². The summed E-state index contributed by atoms with van der Waals surface area (Å²) in [6, 6.07) is 21.2. The van der Waals surface area contributed by atoms with Crippen molar-refractivity contribution in [3.8, 4) is 22.8 Å². The maximum absolute atomic E-state index is 12.4. The molecule has 2 aromatic heterocycles. The van der Waals surface area contributed by atoms with Gasteiger partial charge in [-0.25, -0.2) is 0 Å². The molecule has 1 amide bonds. The Balaban J connectivity index is 1.44. The van der Waals surface area contributed by atoms with Crippen LogP contribution in [-0.4, -0.2) is 49.4 Å². The van der Waals surface area contributed by atoms with E-state index in [2.05, 4.69) is 20.3 Å². The first-order valence-electron chi connectivity index (χ1n) is 11.3. The van der Waals surface area contributed by atoms with E-state index in [1.54, 1.807) is 32.5 Å². The van der Waals surface area contributed by atoms with Gasteiger partial charge in [0.05, 0.1) is 12.9 Å². The zero-order chi connectivity index (χ0) is 25.1. The third-order valence-electron chi connectivity index (χ3n) is 5.75. The number of carbonyl (C=O) groups excluding carboxylic acids is 1. The summed E-state index contributed by atoms with van der Waals surface area (Å²) < 4.78 is 13.5. The molecule has 4 aromatic rings. The maximum atomic E-state index is 12.4. The summed E-state index contributed by atoms with van der Waals surface area (Å²) in [7, 11) is 1.64. The quantitative estimate of drug-likeness (QED) is 0.345.